The summed E-state index contributed by atoms with van der Waals surface area (Å²) in [6.07, 6.45) is 0. The molecule has 0 spiro atoms. The molecular weight excluding hydrogens is 869 g/mol. The van der Waals surface area contributed by atoms with Gasteiger partial charge in [0, 0.05) is 43.6 Å². The van der Waals surface area contributed by atoms with Crippen LogP contribution in [0.3, 0.4) is 0 Å². The topological polar surface area (TPSA) is 62.7 Å². The molecule has 0 amide bonds. The molecule has 0 aliphatic heterocycles. The first-order valence-electron chi connectivity index (χ1n) is 24.0. The second-order valence-corrected chi connectivity index (χ2v) is 18.4. The van der Waals surface area contributed by atoms with Gasteiger partial charge in [-0.15, -0.1) is 0 Å². The number of nitrogens with zero attached hydrogens (tertiary/aromatic N) is 6. The predicted molar refractivity (Wildman–Crippen MR) is 293 cm³/mol. The number of methoxy groups -OCH3 is 1. The van der Waals surface area contributed by atoms with Crippen molar-refractivity contribution in [3.63, 3.8) is 0 Å². The maximum atomic E-state index is 5.73. The molecule has 0 aliphatic carbocycles. The molecular formula is C64H40N6O. The van der Waals surface area contributed by atoms with Crippen LogP contribution >= 0.6 is 0 Å². The van der Waals surface area contributed by atoms with Gasteiger partial charge in [-0.25, -0.2) is 0 Å². The minimum atomic E-state index is 0.558. The van der Waals surface area contributed by atoms with E-state index in [2.05, 4.69) is 232 Å². The molecule has 0 saturated carbocycles. The summed E-state index contributed by atoms with van der Waals surface area (Å²) in [4.78, 5) is 16.2. The zero-order valence-corrected chi connectivity index (χ0v) is 38.5. The van der Waals surface area contributed by atoms with Crippen LogP contribution in [-0.4, -0.2) is 35.8 Å². The minimum absolute atomic E-state index is 0.558. The highest BCUT2D eigenvalue weighted by Crippen LogP contribution is 2.42. The van der Waals surface area contributed by atoms with Gasteiger partial charge < -0.3 is 9.30 Å². The lowest BCUT2D eigenvalue weighted by atomic mass is 9.91. The summed E-state index contributed by atoms with van der Waals surface area (Å²) in [6, 6.07) is 80.2. The molecule has 15 aromatic rings. The number of para-hydroxylation sites is 5. The molecule has 4 heterocycles. The van der Waals surface area contributed by atoms with Gasteiger partial charge in [-0.1, -0.05) is 146 Å². The molecule has 0 fully saturated rings. The van der Waals surface area contributed by atoms with Crippen LogP contribution < -0.4 is 4.74 Å². The minimum Gasteiger partial charge on any atom is -0.497 e. The molecule has 0 unspecified atom stereocenters. The number of fused-ring (bicyclic) bond motifs is 15. The monoisotopic (exact) mass is 908 g/mol. The van der Waals surface area contributed by atoms with Crippen LogP contribution in [0.5, 0.6) is 5.75 Å². The van der Waals surface area contributed by atoms with E-state index in [0.717, 1.165) is 93.5 Å². The average Bonchev–Trinajstić information content (AvgIpc) is 4.08. The van der Waals surface area contributed by atoms with Crippen molar-refractivity contribution >= 4 is 97.7 Å². The van der Waals surface area contributed by atoms with E-state index in [-0.39, 0.29) is 0 Å². The molecule has 0 radical (unpaired) electrons. The summed E-state index contributed by atoms with van der Waals surface area (Å²) in [5.74, 6) is 2.55. The van der Waals surface area contributed by atoms with E-state index in [0.29, 0.717) is 17.7 Å². The van der Waals surface area contributed by atoms with Crippen LogP contribution in [-0.2, 0) is 0 Å². The molecule has 0 saturated heterocycles. The van der Waals surface area contributed by atoms with E-state index in [1.807, 2.05) is 6.07 Å². The molecule has 0 N–H and O–H groups in total. The number of hydrogen-bond acceptors (Lipinski definition) is 4. The Morgan fingerprint density at radius 2 is 0.662 bits per heavy atom. The lowest BCUT2D eigenvalue weighted by molar-refractivity contribution is 0.415. The highest BCUT2D eigenvalue weighted by Gasteiger charge is 2.22. The quantitative estimate of drug-likeness (QED) is 0.156. The second kappa shape index (κ2) is 15.2. The number of benzene rings is 11. The Labute approximate surface area is 406 Å². The highest BCUT2D eigenvalue weighted by atomic mass is 16.5. The van der Waals surface area contributed by atoms with Crippen molar-refractivity contribution in [2.24, 2.45) is 0 Å². The van der Waals surface area contributed by atoms with Crippen molar-refractivity contribution in [3.05, 3.63) is 224 Å². The van der Waals surface area contributed by atoms with Gasteiger partial charge in [0.05, 0.1) is 40.2 Å². The van der Waals surface area contributed by atoms with E-state index in [9.17, 15) is 0 Å². The maximum absolute atomic E-state index is 5.73. The summed E-state index contributed by atoms with van der Waals surface area (Å²) in [5, 5.41) is 14.0. The van der Waals surface area contributed by atoms with Gasteiger partial charge in [0.2, 0.25) is 11.9 Å². The summed E-state index contributed by atoms with van der Waals surface area (Å²) < 4.78 is 12.4. The van der Waals surface area contributed by atoms with Crippen LogP contribution in [0.25, 0.3) is 138 Å². The number of hydrogen-bond donors (Lipinski definition) is 0. The fourth-order valence-corrected chi connectivity index (χ4v) is 11.4. The average molecular weight is 909 g/mol. The van der Waals surface area contributed by atoms with Crippen molar-refractivity contribution < 1.29 is 4.74 Å². The first-order chi connectivity index (χ1) is 35.2. The first-order valence-corrected chi connectivity index (χ1v) is 24.0. The van der Waals surface area contributed by atoms with E-state index in [4.69, 9.17) is 19.7 Å². The Kier molecular flexibility index (Phi) is 8.44. The SMILES string of the molecule is COc1ccc2c(c1)c1cc(-c3ccc4c5ccc(-c6nc(-n7c8ccccc8c8ccccc87)nc(-n7c8ccccc8c8ccccc87)n6)cc5c5ccccc5c4c3)ccc1n2-c1ccccc1. The number of rotatable bonds is 6. The van der Waals surface area contributed by atoms with E-state index >= 15 is 0 Å². The van der Waals surface area contributed by atoms with Gasteiger partial charge >= 0.3 is 0 Å². The molecule has 71 heavy (non-hydrogen) atoms. The van der Waals surface area contributed by atoms with Crippen molar-refractivity contribution in [1.82, 2.24) is 28.7 Å². The zero-order valence-electron chi connectivity index (χ0n) is 38.5. The predicted octanol–water partition coefficient (Wildman–Crippen LogP) is 16.0. The van der Waals surface area contributed by atoms with E-state index < -0.39 is 0 Å². The third-order valence-electron chi connectivity index (χ3n) is 14.6. The summed E-state index contributed by atoms with van der Waals surface area (Å²) >= 11 is 0. The Morgan fingerprint density at radius 3 is 1.18 bits per heavy atom. The van der Waals surface area contributed by atoms with Crippen molar-refractivity contribution in [3.8, 4) is 45.8 Å². The number of ether oxygens (including phenoxy) is 1. The van der Waals surface area contributed by atoms with Crippen LogP contribution in [0.2, 0.25) is 0 Å². The second-order valence-electron chi connectivity index (χ2n) is 18.4. The highest BCUT2D eigenvalue weighted by molar-refractivity contribution is 6.26. The molecule has 332 valence electrons. The molecule has 0 bridgehead atoms. The summed E-state index contributed by atoms with van der Waals surface area (Å²) in [7, 11) is 1.73. The van der Waals surface area contributed by atoms with Crippen LogP contribution in [0.4, 0.5) is 0 Å². The standard InChI is InChI=1S/C64H40N6O/c1-71-43-30-34-61-55(38-43)54-36-40(29-33-60(54)68(61)42-15-3-2-4-16-42)39-27-31-46-47-32-28-41(37-53(47)45-18-6-5-17-44(45)52(46)35-39)62-65-63(69-56-23-11-7-19-48(56)49-20-8-12-24-57(49)69)67-64(66-62)70-58-25-13-9-21-50(58)51-22-10-14-26-59(51)70/h2-38H,1H3. The zero-order chi connectivity index (χ0) is 46.7. The molecule has 4 aromatic heterocycles. The molecule has 0 aliphatic rings. The Hall–Kier alpha value is -9.59. The van der Waals surface area contributed by atoms with Gasteiger partial charge in [-0.3, -0.25) is 9.13 Å². The molecule has 0 atom stereocenters. The normalized spacial score (nSPS) is 12.0. The van der Waals surface area contributed by atoms with E-state index in [1.54, 1.807) is 7.11 Å². The molecule has 7 nitrogen and oxygen atoms in total. The third-order valence-corrected chi connectivity index (χ3v) is 14.6. The van der Waals surface area contributed by atoms with Crippen LogP contribution in [0.15, 0.2) is 224 Å². The van der Waals surface area contributed by atoms with Gasteiger partial charge in [-0.05, 0) is 122 Å². The molecule has 7 heteroatoms. The van der Waals surface area contributed by atoms with E-state index in [1.165, 1.54) is 32.3 Å². The van der Waals surface area contributed by atoms with Crippen LogP contribution in [0.1, 0.15) is 0 Å². The fourth-order valence-electron chi connectivity index (χ4n) is 11.4. The van der Waals surface area contributed by atoms with Gasteiger partial charge in [0.25, 0.3) is 0 Å². The molecule has 11 aromatic carbocycles. The smallest absolute Gasteiger partial charge is 0.240 e. The Morgan fingerprint density at radius 1 is 0.282 bits per heavy atom. The third kappa shape index (κ3) is 5.87. The van der Waals surface area contributed by atoms with Crippen molar-refractivity contribution in [2.45, 2.75) is 0 Å². The first kappa shape index (κ1) is 39.4. The van der Waals surface area contributed by atoms with Crippen LogP contribution in [0, 0.1) is 0 Å². The van der Waals surface area contributed by atoms with Crippen molar-refractivity contribution in [1.29, 1.82) is 0 Å². The molecule has 15 rings (SSSR count). The summed E-state index contributed by atoms with van der Waals surface area (Å²) in [5.41, 5.74) is 10.8. The lowest BCUT2D eigenvalue weighted by Gasteiger charge is -2.15. The maximum Gasteiger partial charge on any atom is 0.240 e. The van der Waals surface area contributed by atoms with Crippen molar-refractivity contribution in [2.75, 3.05) is 7.11 Å². The Bertz CT molecular complexity index is 4440. The largest absolute Gasteiger partial charge is 0.497 e. The fraction of sp³-hybridized carbons (Fsp3) is 0.0156. The van der Waals surface area contributed by atoms with Gasteiger partial charge in [0.15, 0.2) is 5.82 Å². The lowest BCUT2D eigenvalue weighted by Crippen LogP contribution is -2.10. The summed E-state index contributed by atoms with van der Waals surface area (Å²) in [6.45, 7) is 0. The number of aromatic nitrogens is 6. The Balaban J connectivity index is 0.932. The van der Waals surface area contributed by atoms with Gasteiger partial charge in [0.1, 0.15) is 5.75 Å². The van der Waals surface area contributed by atoms with Gasteiger partial charge in [-0.2, -0.15) is 15.0 Å².